The first-order valence-corrected chi connectivity index (χ1v) is 7.57. The van der Waals surface area contributed by atoms with Crippen molar-refractivity contribution < 1.29 is 9.53 Å². The molecule has 2 aliphatic heterocycles. The molecule has 0 unspecified atom stereocenters. The molecule has 0 aromatic heterocycles. The van der Waals surface area contributed by atoms with Crippen molar-refractivity contribution in [2.45, 2.75) is 37.3 Å². The average Bonchev–Trinajstić information content (AvgIpc) is 2.40. The third kappa shape index (κ3) is 3.76. The molecule has 0 bridgehead atoms. The van der Waals surface area contributed by atoms with Gasteiger partial charge in [0.05, 0.1) is 0 Å². The number of carbonyl (C=O) groups excluding carboxylic acids is 1. The molecule has 6 heteroatoms. The van der Waals surface area contributed by atoms with Gasteiger partial charge in [-0.15, -0.1) is 12.4 Å². The Morgan fingerprint density at radius 2 is 1.94 bits per heavy atom. The van der Waals surface area contributed by atoms with Crippen LogP contribution < -0.4 is 10.6 Å². The average molecular weight is 295 g/mol. The maximum absolute atomic E-state index is 12.3. The summed E-state index contributed by atoms with van der Waals surface area (Å²) in [4.78, 5) is 12.3. The molecular formula is C12H23ClN2O2S. The predicted octanol–water partition coefficient (Wildman–Crippen LogP) is 1.19. The van der Waals surface area contributed by atoms with Crippen LogP contribution in [0.2, 0.25) is 0 Å². The minimum atomic E-state index is -0.587. The fourth-order valence-corrected chi connectivity index (χ4v) is 3.62. The monoisotopic (exact) mass is 294 g/mol. The number of rotatable bonds is 3. The second-order valence-corrected chi connectivity index (χ2v) is 6.03. The normalized spacial score (nSPS) is 24.1. The van der Waals surface area contributed by atoms with Gasteiger partial charge in [0.1, 0.15) is 5.60 Å². The lowest BCUT2D eigenvalue weighted by atomic mass is 9.90. The second-order valence-electron chi connectivity index (χ2n) is 4.81. The molecule has 2 N–H and O–H groups in total. The molecule has 2 heterocycles. The van der Waals surface area contributed by atoms with E-state index in [0.29, 0.717) is 6.04 Å². The molecule has 0 spiro atoms. The minimum Gasteiger partial charge on any atom is -0.368 e. The smallest absolute Gasteiger partial charge is 0.252 e. The Kier molecular flexibility index (Phi) is 6.77. The van der Waals surface area contributed by atoms with Crippen LogP contribution in [0.3, 0.4) is 0 Å². The molecule has 0 atom stereocenters. The van der Waals surface area contributed by atoms with E-state index in [1.807, 2.05) is 11.8 Å². The van der Waals surface area contributed by atoms with E-state index < -0.39 is 5.60 Å². The van der Waals surface area contributed by atoms with E-state index in [-0.39, 0.29) is 18.3 Å². The Balaban J connectivity index is 0.00000162. The number of nitrogens with one attached hydrogen (secondary N) is 2. The Morgan fingerprint density at radius 3 is 2.50 bits per heavy atom. The molecule has 4 nitrogen and oxygen atoms in total. The van der Waals surface area contributed by atoms with Crippen molar-refractivity contribution in [2.24, 2.45) is 0 Å². The third-order valence-corrected chi connectivity index (χ3v) is 4.82. The van der Waals surface area contributed by atoms with Crippen molar-refractivity contribution in [1.29, 1.82) is 0 Å². The Morgan fingerprint density at radius 1 is 1.33 bits per heavy atom. The van der Waals surface area contributed by atoms with Crippen LogP contribution in [0.1, 0.15) is 25.7 Å². The van der Waals surface area contributed by atoms with Crippen molar-refractivity contribution in [3.63, 3.8) is 0 Å². The lowest BCUT2D eigenvalue weighted by Crippen LogP contribution is -2.56. The summed E-state index contributed by atoms with van der Waals surface area (Å²) in [5, 5.41) is 6.44. The summed E-state index contributed by atoms with van der Waals surface area (Å²) in [6.07, 6.45) is 3.73. The van der Waals surface area contributed by atoms with E-state index in [2.05, 4.69) is 10.6 Å². The number of methoxy groups -OCH3 is 1. The number of thioether (sulfide) groups is 1. The molecule has 0 saturated carbocycles. The Bertz CT molecular complexity index is 267. The first-order chi connectivity index (χ1) is 8.27. The molecule has 2 aliphatic rings. The molecule has 18 heavy (non-hydrogen) atoms. The molecule has 1 amide bonds. The quantitative estimate of drug-likeness (QED) is 0.821. The highest BCUT2D eigenvalue weighted by atomic mass is 35.5. The van der Waals surface area contributed by atoms with E-state index in [9.17, 15) is 4.79 Å². The van der Waals surface area contributed by atoms with Crippen LogP contribution >= 0.6 is 24.2 Å². The zero-order valence-electron chi connectivity index (χ0n) is 10.9. The Labute approximate surface area is 119 Å². The SMILES string of the molecule is COC1(C(=O)NC2CCSCC2)CCNCC1.Cl. The van der Waals surface area contributed by atoms with Crippen molar-refractivity contribution >= 4 is 30.1 Å². The van der Waals surface area contributed by atoms with Crippen LogP contribution in [-0.4, -0.2) is 49.3 Å². The summed E-state index contributed by atoms with van der Waals surface area (Å²) >= 11 is 1.97. The molecule has 2 fully saturated rings. The second kappa shape index (κ2) is 7.58. The summed E-state index contributed by atoms with van der Waals surface area (Å²) < 4.78 is 5.52. The van der Waals surface area contributed by atoms with Crippen LogP contribution in [0, 0.1) is 0 Å². The van der Waals surface area contributed by atoms with Crippen molar-refractivity contribution in [2.75, 3.05) is 31.7 Å². The molecular weight excluding hydrogens is 272 g/mol. The number of hydrogen-bond donors (Lipinski definition) is 2. The molecule has 2 saturated heterocycles. The van der Waals surface area contributed by atoms with Gasteiger partial charge in [-0.2, -0.15) is 11.8 Å². The first-order valence-electron chi connectivity index (χ1n) is 6.41. The highest BCUT2D eigenvalue weighted by Crippen LogP contribution is 2.24. The number of amides is 1. The van der Waals surface area contributed by atoms with Crippen LogP contribution in [-0.2, 0) is 9.53 Å². The van der Waals surface area contributed by atoms with E-state index in [4.69, 9.17) is 4.74 Å². The van der Waals surface area contributed by atoms with Gasteiger partial charge in [0.2, 0.25) is 0 Å². The number of halogens is 1. The van der Waals surface area contributed by atoms with Gasteiger partial charge in [-0.25, -0.2) is 0 Å². The number of piperidine rings is 1. The highest BCUT2D eigenvalue weighted by Gasteiger charge is 2.40. The van der Waals surface area contributed by atoms with E-state index in [0.717, 1.165) is 50.3 Å². The van der Waals surface area contributed by atoms with Gasteiger partial charge >= 0.3 is 0 Å². The predicted molar refractivity (Wildman–Crippen MR) is 77.6 cm³/mol. The van der Waals surface area contributed by atoms with Crippen molar-refractivity contribution in [1.82, 2.24) is 10.6 Å². The third-order valence-electron chi connectivity index (χ3n) is 3.77. The van der Waals surface area contributed by atoms with E-state index >= 15 is 0 Å². The molecule has 0 aliphatic carbocycles. The van der Waals surface area contributed by atoms with Gasteiger partial charge < -0.3 is 15.4 Å². The standard InChI is InChI=1S/C12H22N2O2S.ClH/c1-16-12(4-6-13-7-5-12)11(15)14-10-2-8-17-9-3-10;/h10,13H,2-9H2,1H3,(H,14,15);1H. The highest BCUT2D eigenvalue weighted by molar-refractivity contribution is 7.99. The summed E-state index contributed by atoms with van der Waals surface area (Å²) in [5.74, 6) is 2.41. The molecule has 106 valence electrons. The minimum absolute atomic E-state index is 0. The van der Waals surface area contributed by atoms with Crippen molar-refractivity contribution in [3.05, 3.63) is 0 Å². The van der Waals surface area contributed by atoms with Crippen LogP contribution in [0.5, 0.6) is 0 Å². The van der Waals surface area contributed by atoms with E-state index in [1.165, 1.54) is 0 Å². The fourth-order valence-electron chi connectivity index (χ4n) is 2.51. The van der Waals surface area contributed by atoms with Crippen LogP contribution in [0.15, 0.2) is 0 Å². The van der Waals surface area contributed by atoms with Crippen molar-refractivity contribution in [3.8, 4) is 0 Å². The summed E-state index contributed by atoms with van der Waals surface area (Å²) in [6, 6.07) is 0.352. The lowest BCUT2D eigenvalue weighted by Gasteiger charge is -2.36. The van der Waals surface area contributed by atoms with E-state index in [1.54, 1.807) is 7.11 Å². The zero-order chi connectivity index (χ0) is 12.1. The van der Waals surface area contributed by atoms with Gasteiger partial charge in [0.15, 0.2) is 0 Å². The summed E-state index contributed by atoms with van der Waals surface area (Å²) in [6.45, 7) is 1.73. The molecule has 2 rings (SSSR count). The molecule has 0 radical (unpaired) electrons. The number of hydrogen-bond acceptors (Lipinski definition) is 4. The summed E-state index contributed by atoms with van der Waals surface area (Å²) in [5.41, 5.74) is -0.587. The fraction of sp³-hybridized carbons (Fsp3) is 0.917. The van der Waals surface area contributed by atoms with Gasteiger partial charge in [-0.1, -0.05) is 0 Å². The maximum Gasteiger partial charge on any atom is 0.252 e. The summed E-state index contributed by atoms with van der Waals surface area (Å²) in [7, 11) is 1.65. The molecule has 0 aromatic rings. The maximum atomic E-state index is 12.3. The van der Waals surface area contributed by atoms with Crippen LogP contribution in [0.4, 0.5) is 0 Å². The first kappa shape index (κ1) is 16.1. The van der Waals surface area contributed by atoms with Gasteiger partial charge in [-0.05, 0) is 50.3 Å². The van der Waals surface area contributed by atoms with Gasteiger partial charge in [0, 0.05) is 13.2 Å². The number of ether oxygens (including phenoxy) is 1. The Hall–Kier alpha value is 0.0300. The van der Waals surface area contributed by atoms with Crippen LogP contribution in [0.25, 0.3) is 0 Å². The van der Waals surface area contributed by atoms with Gasteiger partial charge in [0.25, 0.3) is 5.91 Å². The van der Waals surface area contributed by atoms with Gasteiger partial charge in [-0.3, -0.25) is 4.79 Å². The largest absolute Gasteiger partial charge is 0.368 e. The topological polar surface area (TPSA) is 50.4 Å². The number of carbonyl (C=O) groups is 1. The zero-order valence-corrected chi connectivity index (χ0v) is 12.5. The molecule has 0 aromatic carbocycles. The lowest BCUT2D eigenvalue weighted by molar-refractivity contribution is -0.147.